The highest BCUT2D eigenvalue weighted by Gasteiger charge is 2.16. The molecule has 0 radical (unpaired) electrons. The van der Waals surface area contributed by atoms with E-state index in [9.17, 15) is 9.59 Å². The molecule has 80 valence electrons. The van der Waals surface area contributed by atoms with Crippen molar-refractivity contribution in [1.29, 1.82) is 0 Å². The zero-order valence-corrected chi connectivity index (χ0v) is 8.47. The molecule has 15 heavy (non-hydrogen) atoms. The minimum Gasteiger partial charge on any atom is -0.459 e. The molecule has 0 saturated carbocycles. The van der Waals surface area contributed by atoms with Crippen LogP contribution in [0.5, 0.6) is 0 Å². The zero-order valence-electron chi connectivity index (χ0n) is 8.47. The van der Waals surface area contributed by atoms with Gasteiger partial charge in [0.15, 0.2) is 6.04 Å². The second kappa shape index (κ2) is 5.93. The first kappa shape index (κ1) is 11.4. The van der Waals surface area contributed by atoms with Gasteiger partial charge in [0, 0.05) is 0 Å². The van der Waals surface area contributed by atoms with Crippen LogP contribution >= 0.6 is 0 Å². The number of likely N-dealkylation sites (N-methyl/N-ethyl adjacent to an activating group) is 1. The van der Waals surface area contributed by atoms with E-state index in [-0.39, 0.29) is 6.61 Å². The van der Waals surface area contributed by atoms with E-state index in [0.717, 1.165) is 5.56 Å². The van der Waals surface area contributed by atoms with Crippen LogP contribution in [-0.4, -0.2) is 25.3 Å². The first-order chi connectivity index (χ1) is 7.27. The molecule has 4 nitrogen and oxygen atoms in total. The molecule has 0 aliphatic rings. The maximum absolute atomic E-state index is 11.3. The fourth-order valence-corrected chi connectivity index (χ4v) is 1.06. The van der Waals surface area contributed by atoms with Crippen molar-refractivity contribution < 1.29 is 14.3 Å². The Bertz CT molecular complexity index is 324. The number of carbonyl (C=O) groups is 2. The maximum Gasteiger partial charge on any atom is 0.330 e. The smallest absolute Gasteiger partial charge is 0.330 e. The predicted molar refractivity (Wildman–Crippen MR) is 55.1 cm³/mol. The molecule has 0 aliphatic heterocycles. The average Bonchev–Trinajstić information content (AvgIpc) is 2.29. The first-order valence-corrected chi connectivity index (χ1v) is 4.61. The lowest BCUT2D eigenvalue weighted by atomic mass is 10.2. The monoisotopic (exact) mass is 207 g/mol. The van der Waals surface area contributed by atoms with Gasteiger partial charge in [-0.15, -0.1) is 0 Å². The summed E-state index contributed by atoms with van der Waals surface area (Å²) in [7, 11) is 1.53. The average molecular weight is 207 g/mol. The summed E-state index contributed by atoms with van der Waals surface area (Å²) in [6.07, 6.45) is 0.521. The number of rotatable bonds is 5. The summed E-state index contributed by atoms with van der Waals surface area (Å²) in [5.74, 6) is -0.559. The van der Waals surface area contributed by atoms with Gasteiger partial charge >= 0.3 is 5.97 Å². The predicted octanol–water partition coefficient (Wildman–Crippen LogP) is 0.517. The van der Waals surface area contributed by atoms with Gasteiger partial charge in [-0.2, -0.15) is 0 Å². The highest BCUT2D eigenvalue weighted by Crippen LogP contribution is 2.01. The SMILES string of the molecule is CNC(C=O)C(=O)OCc1ccccc1. The van der Waals surface area contributed by atoms with Crippen LogP contribution in [0.25, 0.3) is 0 Å². The molecule has 1 rings (SSSR count). The Balaban J connectivity index is 2.44. The van der Waals surface area contributed by atoms with Gasteiger partial charge in [0.2, 0.25) is 0 Å². The highest BCUT2D eigenvalue weighted by atomic mass is 16.5. The molecule has 0 spiro atoms. The van der Waals surface area contributed by atoms with Gasteiger partial charge < -0.3 is 14.8 Å². The summed E-state index contributed by atoms with van der Waals surface area (Å²) in [6, 6.07) is 8.42. The Hall–Kier alpha value is -1.68. The van der Waals surface area contributed by atoms with Crippen molar-refractivity contribution in [2.45, 2.75) is 12.6 Å². The first-order valence-electron chi connectivity index (χ1n) is 4.61. The zero-order chi connectivity index (χ0) is 11.1. The van der Waals surface area contributed by atoms with Gasteiger partial charge in [-0.1, -0.05) is 30.3 Å². The van der Waals surface area contributed by atoms with E-state index in [1.165, 1.54) is 7.05 Å². The lowest BCUT2D eigenvalue weighted by Crippen LogP contribution is -2.36. The van der Waals surface area contributed by atoms with Crippen LogP contribution < -0.4 is 5.32 Å². The highest BCUT2D eigenvalue weighted by molar-refractivity contribution is 5.92. The number of ether oxygens (including phenoxy) is 1. The van der Waals surface area contributed by atoms with E-state index in [1.807, 2.05) is 30.3 Å². The van der Waals surface area contributed by atoms with Crippen LogP contribution in [0.4, 0.5) is 0 Å². The molecule has 0 aromatic heterocycles. The fourth-order valence-electron chi connectivity index (χ4n) is 1.06. The summed E-state index contributed by atoms with van der Waals surface area (Å²) >= 11 is 0. The maximum atomic E-state index is 11.3. The van der Waals surface area contributed by atoms with Crippen LogP contribution in [0.15, 0.2) is 30.3 Å². The van der Waals surface area contributed by atoms with Gasteiger partial charge in [0.05, 0.1) is 0 Å². The van der Waals surface area contributed by atoms with Crippen LogP contribution in [0.1, 0.15) is 5.56 Å². The van der Waals surface area contributed by atoms with E-state index >= 15 is 0 Å². The van der Waals surface area contributed by atoms with Gasteiger partial charge in [0.1, 0.15) is 12.9 Å². The van der Waals surface area contributed by atoms with E-state index < -0.39 is 12.0 Å². The number of carbonyl (C=O) groups excluding carboxylic acids is 2. The Labute approximate surface area is 88.2 Å². The lowest BCUT2D eigenvalue weighted by molar-refractivity contribution is -0.148. The largest absolute Gasteiger partial charge is 0.459 e. The Morgan fingerprint density at radius 2 is 2.13 bits per heavy atom. The van der Waals surface area contributed by atoms with E-state index in [0.29, 0.717) is 6.29 Å². The van der Waals surface area contributed by atoms with Crippen molar-refractivity contribution >= 4 is 12.3 Å². The topological polar surface area (TPSA) is 55.4 Å². The number of aldehydes is 1. The third-order valence-corrected chi connectivity index (χ3v) is 1.92. The summed E-state index contributed by atoms with van der Waals surface area (Å²) < 4.78 is 4.94. The van der Waals surface area contributed by atoms with Crippen LogP contribution in [0.3, 0.4) is 0 Å². The molecule has 0 fully saturated rings. The molecule has 1 unspecified atom stereocenters. The molecule has 1 N–H and O–H groups in total. The summed E-state index contributed by atoms with van der Waals surface area (Å²) in [6.45, 7) is 0.186. The number of hydrogen-bond acceptors (Lipinski definition) is 4. The lowest BCUT2D eigenvalue weighted by Gasteiger charge is -2.08. The molecule has 0 heterocycles. The quantitative estimate of drug-likeness (QED) is 0.434. The third-order valence-electron chi connectivity index (χ3n) is 1.92. The van der Waals surface area contributed by atoms with Gasteiger partial charge in [0.25, 0.3) is 0 Å². The molecule has 4 heteroatoms. The van der Waals surface area contributed by atoms with Gasteiger partial charge in [-0.25, -0.2) is 4.79 Å². The third kappa shape index (κ3) is 3.52. The number of benzene rings is 1. The summed E-state index contributed by atoms with van der Waals surface area (Å²) in [5, 5.41) is 2.55. The second-order valence-electron chi connectivity index (χ2n) is 3.00. The molecular weight excluding hydrogens is 194 g/mol. The Morgan fingerprint density at radius 1 is 1.47 bits per heavy atom. The van der Waals surface area contributed by atoms with Crippen molar-refractivity contribution in [3.8, 4) is 0 Å². The number of hydrogen-bond donors (Lipinski definition) is 1. The minimum absolute atomic E-state index is 0.186. The standard InChI is InChI=1S/C11H13NO3/c1-12-10(7-13)11(14)15-8-9-5-3-2-4-6-9/h2-7,10,12H,8H2,1H3. The van der Waals surface area contributed by atoms with Crippen LogP contribution in [0, 0.1) is 0 Å². The molecular formula is C11H13NO3. The molecule has 0 amide bonds. The van der Waals surface area contributed by atoms with E-state index in [1.54, 1.807) is 0 Å². The van der Waals surface area contributed by atoms with Crippen molar-refractivity contribution in [3.05, 3.63) is 35.9 Å². The molecule has 1 atom stereocenters. The number of nitrogens with one attached hydrogen (secondary N) is 1. The van der Waals surface area contributed by atoms with Crippen LogP contribution in [-0.2, 0) is 20.9 Å². The van der Waals surface area contributed by atoms with E-state index in [2.05, 4.69) is 5.32 Å². The summed E-state index contributed by atoms with van der Waals surface area (Å²) in [4.78, 5) is 21.7. The molecule has 0 bridgehead atoms. The fraction of sp³-hybridized carbons (Fsp3) is 0.273. The molecule has 0 aliphatic carbocycles. The minimum atomic E-state index is -0.881. The Kier molecular flexibility index (Phi) is 4.50. The molecule has 1 aromatic rings. The number of esters is 1. The normalized spacial score (nSPS) is 11.8. The van der Waals surface area contributed by atoms with Crippen molar-refractivity contribution in [2.75, 3.05) is 7.05 Å². The second-order valence-corrected chi connectivity index (χ2v) is 3.00. The van der Waals surface area contributed by atoms with Gasteiger partial charge in [-0.05, 0) is 12.6 Å². The van der Waals surface area contributed by atoms with Crippen molar-refractivity contribution in [3.63, 3.8) is 0 Å². The molecule has 1 aromatic carbocycles. The van der Waals surface area contributed by atoms with Crippen molar-refractivity contribution in [2.24, 2.45) is 0 Å². The van der Waals surface area contributed by atoms with Crippen molar-refractivity contribution in [1.82, 2.24) is 5.32 Å². The molecule has 0 saturated heterocycles. The summed E-state index contributed by atoms with van der Waals surface area (Å²) in [5.41, 5.74) is 0.895. The Morgan fingerprint density at radius 3 is 2.67 bits per heavy atom. The van der Waals surface area contributed by atoms with Gasteiger partial charge in [-0.3, -0.25) is 0 Å². The van der Waals surface area contributed by atoms with E-state index in [4.69, 9.17) is 4.74 Å². The van der Waals surface area contributed by atoms with Crippen LogP contribution in [0.2, 0.25) is 0 Å².